The second-order valence-electron chi connectivity index (χ2n) is 9.00. The van der Waals surface area contributed by atoms with Gasteiger partial charge < -0.3 is 15.2 Å². The highest BCUT2D eigenvalue weighted by molar-refractivity contribution is 5.96. The number of carbonyl (C=O) groups excluding carboxylic acids is 1. The highest BCUT2D eigenvalue weighted by Crippen LogP contribution is 2.39. The molecule has 3 rings (SSSR count). The number of anilines is 1. The van der Waals surface area contributed by atoms with Crippen LogP contribution in [-0.4, -0.2) is 42.2 Å². The topological polar surface area (TPSA) is 102 Å². The molecule has 9 heteroatoms. The normalized spacial score (nSPS) is 22.2. The Bertz CT molecular complexity index is 1000. The van der Waals surface area contributed by atoms with Gasteiger partial charge in [0.15, 0.2) is 22.6 Å². The number of rotatable bonds is 13. The summed E-state index contributed by atoms with van der Waals surface area (Å²) in [5, 5.41) is 13.1. The predicted molar refractivity (Wildman–Crippen MR) is 128 cm³/mol. The summed E-state index contributed by atoms with van der Waals surface area (Å²) >= 11 is 0. The van der Waals surface area contributed by atoms with Gasteiger partial charge in [-0.3, -0.25) is 9.36 Å². The first kappa shape index (κ1) is 26.0. The molecule has 0 radical (unpaired) electrons. The summed E-state index contributed by atoms with van der Waals surface area (Å²) in [4.78, 5) is 24.3. The fourth-order valence-electron chi connectivity index (χ4n) is 4.45. The van der Waals surface area contributed by atoms with Gasteiger partial charge >= 0.3 is 6.08 Å². The van der Waals surface area contributed by atoms with Crippen LogP contribution in [0.1, 0.15) is 97.1 Å². The molecule has 3 atom stereocenters. The lowest BCUT2D eigenvalue weighted by Gasteiger charge is -2.24. The van der Waals surface area contributed by atoms with Crippen molar-refractivity contribution in [1.29, 1.82) is 0 Å². The number of aromatic nitrogens is 4. The van der Waals surface area contributed by atoms with E-state index in [1.165, 1.54) is 49.4 Å². The van der Waals surface area contributed by atoms with Gasteiger partial charge in [-0.15, -0.1) is 6.42 Å². The first-order valence-electron chi connectivity index (χ1n) is 12.5. The van der Waals surface area contributed by atoms with Crippen molar-refractivity contribution in [3.8, 4) is 12.3 Å². The zero-order valence-electron chi connectivity index (χ0n) is 20.2. The number of hydrogen-bond acceptors (Lipinski definition) is 6. The number of carbonyl (C=O) groups is 1. The molecule has 2 N–H and O–H groups in total. The van der Waals surface area contributed by atoms with Gasteiger partial charge in [-0.05, 0) is 12.8 Å². The second kappa shape index (κ2) is 12.2. The summed E-state index contributed by atoms with van der Waals surface area (Å²) < 4.78 is 21.7. The number of aliphatic hydroxyl groups is 1. The van der Waals surface area contributed by atoms with E-state index in [0.29, 0.717) is 12.8 Å². The molecule has 1 aliphatic rings. The predicted octanol–water partition coefficient (Wildman–Crippen LogP) is 4.89. The number of terminal acetylenes is 1. The Morgan fingerprint density at radius 1 is 1.24 bits per heavy atom. The molecule has 2 aromatic rings. The molecule has 0 unspecified atom stereocenters. The van der Waals surface area contributed by atoms with Crippen LogP contribution in [0.3, 0.4) is 0 Å². The van der Waals surface area contributed by atoms with E-state index in [1.54, 1.807) is 0 Å². The number of nitrogens with one attached hydrogen (secondary N) is 1. The first-order chi connectivity index (χ1) is 16.4. The maximum atomic E-state index is 14.2. The highest BCUT2D eigenvalue weighted by Gasteiger charge is 2.46. The van der Waals surface area contributed by atoms with Crippen molar-refractivity contribution in [1.82, 2.24) is 19.5 Å². The second-order valence-corrected chi connectivity index (χ2v) is 9.00. The monoisotopic (exact) mass is 473 g/mol. The number of halogens is 1. The zero-order chi connectivity index (χ0) is 24.6. The summed E-state index contributed by atoms with van der Waals surface area (Å²) in [6, 6.07) is 0. The number of ether oxygens (including phenoxy) is 1. The molecule has 0 bridgehead atoms. The Kier molecular flexibility index (Phi) is 9.36. The van der Waals surface area contributed by atoms with E-state index in [-0.39, 0.29) is 29.3 Å². The van der Waals surface area contributed by atoms with E-state index in [9.17, 15) is 14.3 Å². The van der Waals surface area contributed by atoms with Crippen LogP contribution >= 0.6 is 0 Å². The smallest absolute Gasteiger partial charge is 0.312 e. The van der Waals surface area contributed by atoms with Gasteiger partial charge in [0.1, 0.15) is 6.23 Å². The van der Waals surface area contributed by atoms with Crippen molar-refractivity contribution in [2.75, 3.05) is 5.32 Å². The summed E-state index contributed by atoms with van der Waals surface area (Å²) in [7, 11) is 0. The molecule has 1 fully saturated rings. The van der Waals surface area contributed by atoms with Gasteiger partial charge in [0.25, 0.3) is 0 Å². The molecular weight excluding hydrogens is 437 g/mol. The summed E-state index contributed by atoms with van der Waals surface area (Å²) in [6.45, 7) is 4.05. The summed E-state index contributed by atoms with van der Waals surface area (Å²) in [5.41, 5.74) is -0.680. The third-order valence-corrected chi connectivity index (χ3v) is 6.55. The van der Waals surface area contributed by atoms with Gasteiger partial charge in [0.2, 0.25) is 5.91 Å². The fourth-order valence-corrected chi connectivity index (χ4v) is 4.45. The van der Waals surface area contributed by atoms with Crippen LogP contribution < -0.4 is 5.32 Å². The number of amides is 1. The van der Waals surface area contributed by atoms with E-state index in [2.05, 4.69) is 33.1 Å². The highest BCUT2D eigenvalue weighted by atomic mass is 19.1. The summed E-state index contributed by atoms with van der Waals surface area (Å²) in [5.74, 6) is 2.33. The third kappa shape index (κ3) is 6.10. The molecule has 34 heavy (non-hydrogen) atoms. The first-order valence-corrected chi connectivity index (χ1v) is 12.5. The Morgan fingerprint density at radius 2 is 1.91 bits per heavy atom. The molecule has 0 spiro atoms. The SMILES string of the molecule is C#C[C@]1(CC)O[C@@H](n2cnc3c(NC(=O)CCCCCCCCCCC)nc(F)nc32)C[C@@H]1O. The quantitative estimate of drug-likeness (QED) is 0.244. The Morgan fingerprint density at radius 3 is 2.53 bits per heavy atom. The van der Waals surface area contributed by atoms with Crippen molar-refractivity contribution in [2.24, 2.45) is 0 Å². The number of unbranched alkanes of at least 4 members (excludes halogenated alkanes) is 8. The van der Waals surface area contributed by atoms with Gasteiger partial charge in [0.05, 0.1) is 12.4 Å². The van der Waals surface area contributed by atoms with E-state index < -0.39 is 24.0 Å². The molecule has 1 saturated heterocycles. The molecular formula is C25H36FN5O3. The van der Waals surface area contributed by atoms with Gasteiger partial charge in [-0.2, -0.15) is 14.4 Å². The van der Waals surface area contributed by atoms with Crippen LogP contribution in [0.2, 0.25) is 0 Å². The van der Waals surface area contributed by atoms with Crippen molar-refractivity contribution in [3.05, 3.63) is 12.4 Å². The lowest BCUT2D eigenvalue weighted by Crippen LogP contribution is -2.36. The molecule has 1 aliphatic heterocycles. The number of nitrogens with zero attached hydrogens (tertiary/aromatic N) is 4. The number of aliphatic hydroxyl groups excluding tert-OH is 1. The molecule has 2 aromatic heterocycles. The molecule has 1 amide bonds. The zero-order valence-corrected chi connectivity index (χ0v) is 20.2. The van der Waals surface area contributed by atoms with E-state index >= 15 is 0 Å². The molecule has 0 aliphatic carbocycles. The lowest BCUT2D eigenvalue weighted by atomic mass is 9.95. The molecule has 0 saturated carbocycles. The van der Waals surface area contributed by atoms with Gasteiger partial charge in [0, 0.05) is 12.8 Å². The van der Waals surface area contributed by atoms with E-state index in [1.807, 2.05) is 6.92 Å². The minimum atomic E-state index is -1.11. The van der Waals surface area contributed by atoms with Crippen LogP contribution in [0.5, 0.6) is 0 Å². The summed E-state index contributed by atoms with van der Waals surface area (Å²) in [6.07, 6.45) is 15.9. The third-order valence-electron chi connectivity index (χ3n) is 6.55. The Hall–Kier alpha value is -2.57. The maximum absolute atomic E-state index is 14.2. The minimum Gasteiger partial charge on any atom is -0.389 e. The van der Waals surface area contributed by atoms with Crippen molar-refractivity contribution >= 4 is 22.9 Å². The van der Waals surface area contributed by atoms with E-state index in [4.69, 9.17) is 11.2 Å². The maximum Gasteiger partial charge on any atom is 0.312 e. The van der Waals surface area contributed by atoms with E-state index in [0.717, 1.165) is 19.3 Å². The standard InChI is InChI=1S/C25H36FN5O3/c1-4-7-8-9-10-11-12-13-14-15-19(33)28-22-21-23(30-24(26)29-22)31(17-27-21)20-16-18(32)25(5-2,6-3)34-20/h2,17-18,20,32H,4,6-16H2,1,3H3,(H,28,29,30,33)/t18-,20+,25+/m0/s1. The molecule has 186 valence electrons. The average Bonchev–Trinajstić information content (AvgIpc) is 3.39. The molecule has 3 heterocycles. The van der Waals surface area contributed by atoms with Crippen LogP contribution in [0.15, 0.2) is 6.33 Å². The average molecular weight is 474 g/mol. The van der Waals surface area contributed by atoms with Crippen molar-refractivity contribution in [3.63, 3.8) is 0 Å². The molecule has 8 nitrogen and oxygen atoms in total. The minimum absolute atomic E-state index is 0.0272. The Balaban J connectivity index is 1.57. The van der Waals surface area contributed by atoms with Crippen LogP contribution in [0.25, 0.3) is 11.2 Å². The van der Waals surface area contributed by atoms with Gasteiger partial charge in [-0.1, -0.05) is 71.1 Å². The largest absolute Gasteiger partial charge is 0.389 e. The molecule has 0 aromatic carbocycles. The van der Waals surface area contributed by atoms with Gasteiger partial charge in [-0.25, -0.2) is 4.98 Å². The number of hydrogen-bond donors (Lipinski definition) is 2. The number of imidazole rings is 1. The van der Waals surface area contributed by atoms with Crippen LogP contribution in [0, 0.1) is 18.4 Å². The van der Waals surface area contributed by atoms with Crippen molar-refractivity contribution in [2.45, 2.75) is 109 Å². The number of fused-ring (bicyclic) bond motifs is 1. The van der Waals surface area contributed by atoms with Crippen LogP contribution in [-0.2, 0) is 9.53 Å². The Labute approximate surface area is 200 Å². The lowest BCUT2D eigenvalue weighted by molar-refractivity contribution is -0.116. The van der Waals surface area contributed by atoms with Crippen LogP contribution in [0.4, 0.5) is 10.2 Å². The fraction of sp³-hybridized carbons (Fsp3) is 0.680. The van der Waals surface area contributed by atoms with Crippen molar-refractivity contribution < 1.29 is 19.0 Å².